The van der Waals surface area contributed by atoms with Crippen molar-refractivity contribution in [2.45, 2.75) is 51.2 Å². The molecule has 7 nitrogen and oxygen atoms in total. The van der Waals surface area contributed by atoms with Gasteiger partial charge >= 0.3 is 24.4 Å². The van der Waals surface area contributed by atoms with Crippen LogP contribution in [0.3, 0.4) is 0 Å². The molecule has 2 aromatic carbocycles. The van der Waals surface area contributed by atoms with Gasteiger partial charge in [0.1, 0.15) is 17.3 Å². The van der Waals surface area contributed by atoms with Gasteiger partial charge in [-0.1, -0.05) is 0 Å². The van der Waals surface area contributed by atoms with E-state index >= 15 is 0 Å². The largest absolute Gasteiger partial charge is 0.467 e. The number of ether oxygens (including phenoxy) is 2. The van der Waals surface area contributed by atoms with Gasteiger partial charge in [0.05, 0.1) is 39.4 Å². The predicted molar refractivity (Wildman–Crippen MR) is 135 cm³/mol. The second-order valence-corrected chi connectivity index (χ2v) is 10.9. The van der Waals surface area contributed by atoms with Crippen molar-refractivity contribution < 1.29 is 50.2 Å². The first-order valence-corrected chi connectivity index (χ1v) is 11.9. The third-order valence-corrected chi connectivity index (χ3v) is 5.51. The van der Waals surface area contributed by atoms with Crippen LogP contribution in [0.5, 0.6) is 0 Å². The van der Waals surface area contributed by atoms with E-state index in [1.165, 1.54) is 18.2 Å². The molecule has 0 bridgehead atoms. The van der Waals surface area contributed by atoms with E-state index in [9.17, 15) is 40.7 Å². The lowest BCUT2D eigenvalue weighted by Gasteiger charge is -2.28. The molecule has 0 aliphatic carbocycles. The zero-order chi connectivity index (χ0) is 30.8. The minimum Gasteiger partial charge on any atom is -0.467 e. The number of rotatable bonds is 7. The fourth-order valence-electron chi connectivity index (χ4n) is 3.80. The first-order chi connectivity index (χ1) is 18.0. The van der Waals surface area contributed by atoms with Crippen molar-refractivity contribution in [2.75, 3.05) is 28.3 Å². The van der Waals surface area contributed by atoms with E-state index < -0.39 is 58.5 Å². The minimum atomic E-state index is -5.13. The zero-order valence-corrected chi connectivity index (χ0v) is 23.0. The van der Waals surface area contributed by atoms with E-state index in [0.717, 1.165) is 7.11 Å². The molecule has 0 aromatic heterocycles. The average Bonchev–Trinajstić information content (AvgIpc) is 2.79. The summed E-state index contributed by atoms with van der Waals surface area (Å²) < 4.78 is 90.2. The van der Waals surface area contributed by atoms with Crippen molar-refractivity contribution in [3.8, 4) is 0 Å². The van der Waals surface area contributed by atoms with Crippen molar-refractivity contribution in [3.05, 3.63) is 64.2 Å². The number of carbonyl (C=O) groups excluding carboxylic acids is 3. The number of benzene rings is 2. The van der Waals surface area contributed by atoms with Gasteiger partial charge in [0.25, 0.3) is 0 Å². The quantitative estimate of drug-likeness (QED) is 0.196. The predicted octanol–water partition coefficient (Wildman–Crippen LogP) is 5.76. The summed E-state index contributed by atoms with van der Waals surface area (Å²) in [6.07, 6.45) is -11.4. The Morgan fingerprint density at radius 3 is 1.80 bits per heavy atom. The molecule has 1 N–H and O–H groups in total. The van der Waals surface area contributed by atoms with Crippen LogP contribution in [0.1, 0.15) is 53.4 Å². The molecule has 0 saturated heterocycles. The highest BCUT2D eigenvalue weighted by Crippen LogP contribution is 2.37. The molecule has 1 atom stereocenters. The maximum atomic E-state index is 13.3. The highest BCUT2D eigenvalue weighted by atomic mass is 19.4. The van der Waals surface area contributed by atoms with Crippen LogP contribution in [-0.4, -0.2) is 57.7 Å². The summed E-state index contributed by atoms with van der Waals surface area (Å²) in [6, 6.07) is 3.36. The van der Waals surface area contributed by atoms with Crippen molar-refractivity contribution in [1.82, 2.24) is 9.80 Å². The molecule has 0 fully saturated rings. The van der Waals surface area contributed by atoms with E-state index in [1.807, 2.05) is 0 Å². The Balaban J connectivity index is 2.61. The SMILES string of the molecule is COC(=O)[C@H](Cc1cc(C(=O)c2cc(C(F)(F)F)cc(C(F)(F)F)c2)ccc1[N+](C)(C)C)NC(=O)OC(C)(C)C. The number of amides is 1. The summed E-state index contributed by atoms with van der Waals surface area (Å²) in [7, 11) is 6.38. The van der Waals surface area contributed by atoms with Gasteiger partial charge in [0.2, 0.25) is 0 Å². The number of methoxy groups -OCH3 is 1. The molecule has 1 amide bonds. The summed E-state index contributed by atoms with van der Waals surface area (Å²) in [6.45, 7) is 4.84. The maximum Gasteiger partial charge on any atom is 0.416 e. The Morgan fingerprint density at radius 1 is 0.850 bits per heavy atom. The lowest BCUT2D eigenvalue weighted by molar-refractivity contribution is -0.144. The number of ketones is 1. The zero-order valence-electron chi connectivity index (χ0n) is 23.0. The van der Waals surface area contributed by atoms with Gasteiger partial charge in [0.15, 0.2) is 5.78 Å². The van der Waals surface area contributed by atoms with Gasteiger partial charge in [-0.05, 0) is 51.1 Å². The van der Waals surface area contributed by atoms with Crippen LogP contribution in [0.25, 0.3) is 0 Å². The molecule has 0 unspecified atom stereocenters. The molecule has 0 aliphatic rings. The lowest BCUT2D eigenvalue weighted by Crippen LogP contribution is -2.46. The fraction of sp³-hybridized carbons (Fsp3) is 0.444. The van der Waals surface area contributed by atoms with Gasteiger partial charge in [-0.25, -0.2) is 9.59 Å². The average molecular weight is 578 g/mol. The molecule has 0 heterocycles. The molecule has 13 heteroatoms. The minimum absolute atomic E-state index is 0.0638. The molecule has 2 aromatic rings. The Bertz CT molecular complexity index is 1240. The third kappa shape index (κ3) is 8.70. The number of hydrogen-bond acceptors (Lipinski definition) is 5. The molecule has 0 radical (unpaired) electrons. The molecular weight excluding hydrogens is 546 g/mol. The number of alkyl carbamates (subject to hydrolysis) is 1. The maximum absolute atomic E-state index is 13.3. The van der Waals surface area contributed by atoms with Crippen molar-refractivity contribution in [1.29, 1.82) is 0 Å². The Labute approximate surface area is 227 Å². The van der Waals surface area contributed by atoms with Gasteiger partial charge in [-0.15, -0.1) is 0 Å². The number of quaternary nitrogens is 1. The molecular formula is C27H31F6N2O5+. The standard InChI is InChI=1S/C27H30F6N2O5/c1-25(2,3)40-24(38)34-20(23(37)39-7)13-16-10-15(8-9-21(16)35(4,5)6)22(36)17-11-18(26(28,29)30)14-19(12-17)27(31,32)33/h8-12,14,20H,13H2,1-7H3/p+1/t20-/m0/s1. The number of nitrogens with zero attached hydrogens (tertiary/aromatic N) is 1. The van der Waals surface area contributed by atoms with Crippen LogP contribution in [0.2, 0.25) is 0 Å². The van der Waals surface area contributed by atoms with Crippen LogP contribution in [0.15, 0.2) is 36.4 Å². The number of nitrogens with one attached hydrogen (secondary N) is 1. The summed E-state index contributed by atoms with van der Waals surface area (Å²) >= 11 is 0. The summed E-state index contributed by atoms with van der Waals surface area (Å²) in [5.41, 5.74) is -4.31. The van der Waals surface area contributed by atoms with E-state index in [0.29, 0.717) is 23.4 Å². The van der Waals surface area contributed by atoms with Gasteiger partial charge in [0, 0.05) is 29.2 Å². The highest BCUT2D eigenvalue weighted by molar-refractivity contribution is 6.09. The van der Waals surface area contributed by atoms with Crippen molar-refractivity contribution >= 4 is 23.5 Å². The first-order valence-electron chi connectivity index (χ1n) is 11.9. The van der Waals surface area contributed by atoms with Crippen LogP contribution in [0.4, 0.5) is 36.8 Å². The van der Waals surface area contributed by atoms with E-state index in [1.54, 1.807) is 41.9 Å². The van der Waals surface area contributed by atoms with Crippen LogP contribution in [0, 0.1) is 0 Å². The van der Waals surface area contributed by atoms with Gasteiger partial charge in [-0.3, -0.25) is 9.28 Å². The summed E-state index contributed by atoms with van der Waals surface area (Å²) in [5, 5.41) is 2.40. The monoisotopic (exact) mass is 577 g/mol. The fourth-order valence-corrected chi connectivity index (χ4v) is 3.80. The van der Waals surface area contributed by atoms with Crippen LogP contribution < -0.4 is 9.80 Å². The first kappa shape index (κ1) is 32.6. The van der Waals surface area contributed by atoms with E-state index in [2.05, 4.69) is 5.32 Å². The Hall–Kier alpha value is -3.61. The molecule has 40 heavy (non-hydrogen) atoms. The molecule has 0 aliphatic heterocycles. The number of halogens is 6. The number of hydrogen-bond donors (Lipinski definition) is 1. The van der Waals surface area contributed by atoms with E-state index in [4.69, 9.17) is 9.47 Å². The molecule has 0 spiro atoms. The normalized spacial score (nSPS) is 13.4. The second-order valence-electron chi connectivity index (χ2n) is 10.9. The van der Waals surface area contributed by atoms with Crippen molar-refractivity contribution in [2.24, 2.45) is 0 Å². The lowest BCUT2D eigenvalue weighted by atomic mass is 9.94. The van der Waals surface area contributed by atoms with Crippen LogP contribution >= 0.6 is 0 Å². The topological polar surface area (TPSA) is 81.7 Å². The van der Waals surface area contributed by atoms with E-state index in [-0.39, 0.29) is 22.5 Å². The summed E-state index contributed by atoms with van der Waals surface area (Å²) in [5.74, 6) is -1.94. The Kier molecular flexibility index (Phi) is 9.35. The van der Waals surface area contributed by atoms with Gasteiger partial charge < -0.3 is 14.8 Å². The molecule has 220 valence electrons. The van der Waals surface area contributed by atoms with Crippen LogP contribution in [-0.2, 0) is 33.0 Å². The highest BCUT2D eigenvalue weighted by Gasteiger charge is 2.38. The van der Waals surface area contributed by atoms with Gasteiger partial charge in [-0.2, -0.15) is 26.3 Å². The smallest absolute Gasteiger partial charge is 0.416 e. The third-order valence-electron chi connectivity index (χ3n) is 5.51. The number of alkyl halides is 6. The van der Waals surface area contributed by atoms with Crippen molar-refractivity contribution in [3.63, 3.8) is 0 Å². The Morgan fingerprint density at radius 2 is 1.38 bits per heavy atom. The summed E-state index contributed by atoms with van der Waals surface area (Å²) in [4.78, 5) is 38.1. The molecule has 2 rings (SSSR count). The second kappa shape index (κ2) is 11.5. The number of esters is 1. The molecule has 0 saturated carbocycles. The number of carbonyl (C=O) groups is 3.